The Kier molecular flexibility index (Phi) is 8.81. The van der Waals surface area contributed by atoms with Crippen molar-refractivity contribution in [3.63, 3.8) is 0 Å². The Labute approximate surface area is 236 Å². The van der Waals surface area contributed by atoms with E-state index in [1.54, 1.807) is 13.8 Å². The fourth-order valence-electron chi connectivity index (χ4n) is 4.61. The number of phosphoric ester groups is 1. The minimum atomic E-state index is -4.11. The van der Waals surface area contributed by atoms with E-state index in [0.717, 1.165) is 18.2 Å². The number of benzene rings is 2. The summed E-state index contributed by atoms with van der Waals surface area (Å²) in [5.74, 6) is -1.89. The number of carbonyl (C=O) groups excluding carboxylic acids is 1. The van der Waals surface area contributed by atoms with E-state index >= 15 is 0 Å². The van der Waals surface area contributed by atoms with Gasteiger partial charge in [0, 0.05) is 12.4 Å². The van der Waals surface area contributed by atoms with Crippen molar-refractivity contribution in [2.75, 3.05) is 13.7 Å². The Morgan fingerprint density at radius 2 is 1.54 bits per heavy atom. The largest absolute Gasteiger partial charge is 0.475 e. The molecule has 3 heterocycles. The molecule has 41 heavy (non-hydrogen) atoms. The van der Waals surface area contributed by atoms with E-state index in [1.165, 1.54) is 17.0 Å². The molecule has 12 nitrogen and oxygen atoms in total. The van der Waals surface area contributed by atoms with Crippen LogP contribution < -0.4 is 5.56 Å². The highest BCUT2D eigenvalue weighted by molar-refractivity contribution is 7.48. The number of rotatable bonds is 11. The molecule has 2 fully saturated rings. The van der Waals surface area contributed by atoms with E-state index < -0.39 is 55.4 Å². The first-order valence-electron chi connectivity index (χ1n) is 13.0. The van der Waals surface area contributed by atoms with E-state index in [2.05, 4.69) is 9.72 Å². The summed E-state index contributed by atoms with van der Waals surface area (Å²) >= 11 is 0. The minimum absolute atomic E-state index is 0.0114. The number of carbonyl (C=O) groups is 1. The second-order valence-electron chi connectivity index (χ2n) is 9.87. The Morgan fingerprint density at radius 1 is 0.951 bits per heavy atom. The molecule has 0 N–H and O–H groups in total. The van der Waals surface area contributed by atoms with Crippen molar-refractivity contribution in [3.05, 3.63) is 100 Å². The van der Waals surface area contributed by atoms with Gasteiger partial charge in [0.15, 0.2) is 12.0 Å². The lowest BCUT2D eigenvalue weighted by molar-refractivity contribution is -0.200. The standard InChI is InChI=1S/C28H31N2O10P/c1-28(2)39-23-21(38-26(24(23)40-28)30-15-14-29-22(25(30)31)27(32)34-3)18-37-41(33,35-16-19-10-6-4-7-11-19)36-17-20-12-8-5-9-13-20/h4-15,21,23-24,26H,16-18H2,1-3H3/t21-,23-,24+,26-/m1/s1. The molecule has 4 atom stereocenters. The molecule has 2 saturated heterocycles. The molecule has 2 aromatic carbocycles. The molecule has 0 spiro atoms. The van der Waals surface area contributed by atoms with Crippen LogP contribution >= 0.6 is 7.82 Å². The zero-order chi connectivity index (χ0) is 29.0. The lowest BCUT2D eigenvalue weighted by Gasteiger charge is -2.26. The van der Waals surface area contributed by atoms with Crippen LogP contribution in [0.3, 0.4) is 0 Å². The Bertz CT molecular complexity index is 1400. The number of hydrogen-bond donors (Lipinski definition) is 0. The van der Waals surface area contributed by atoms with Crippen molar-refractivity contribution >= 4 is 13.8 Å². The normalized spacial score (nSPS) is 23.3. The van der Waals surface area contributed by atoms with Crippen LogP contribution in [0.5, 0.6) is 0 Å². The summed E-state index contributed by atoms with van der Waals surface area (Å²) in [5, 5.41) is 0. The van der Waals surface area contributed by atoms with Gasteiger partial charge in [-0.15, -0.1) is 0 Å². The molecule has 13 heteroatoms. The lowest BCUT2D eigenvalue weighted by Crippen LogP contribution is -2.36. The van der Waals surface area contributed by atoms with Crippen molar-refractivity contribution in [2.45, 2.75) is 57.4 Å². The highest BCUT2D eigenvalue weighted by Gasteiger charge is 2.56. The zero-order valence-corrected chi connectivity index (χ0v) is 23.7. The Morgan fingerprint density at radius 3 is 2.12 bits per heavy atom. The van der Waals surface area contributed by atoms with Crippen LogP contribution in [0.15, 0.2) is 77.9 Å². The maximum Gasteiger partial charge on any atom is 0.475 e. The highest BCUT2D eigenvalue weighted by atomic mass is 31.2. The van der Waals surface area contributed by atoms with Gasteiger partial charge in [-0.05, 0) is 25.0 Å². The number of phosphoric acid groups is 1. The average Bonchev–Trinajstić information content (AvgIpc) is 3.47. The Balaban J connectivity index is 1.35. The van der Waals surface area contributed by atoms with E-state index in [1.807, 2.05) is 60.7 Å². The third kappa shape index (κ3) is 6.82. The van der Waals surface area contributed by atoms with Gasteiger partial charge in [0.25, 0.3) is 5.56 Å². The molecule has 0 bridgehead atoms. The maximum absolute atomic E-state index is 13.8. The SMILES string of the molecule is COC(=O)c1nccn([C@@H]2O[C@H](COP(=O)(OCc3ccccc3)OCc3ccccc3)[C@H]3OC(C)(C)O[C@@H]32)c1=O. The summed E-state index contributed by atoms with van der Waals surface area (Å²) in [6.45, 7) is 3.17. The van der Waals surface area contributed by atoms with Gasteiger partial charge in [-0.1, -0.05) is 60.7 Å². The summed E-state index contributed by atoms with van der Waals surface area (Å²) in [5.41, 5.74) is 0.441. The van der Waals surface area contributed by atoms with Crippen molar-refractivity contribution in [2.24, 2.45) is 0 Å². The van der Waals surface area contributed by atoms with Gasteiger partial charge in [-0.3, -0.25) is 22.9 Å². The first-order chi connectivity index (χ1) is 19.7. The van der Waals surface area contributed by atoms with Gasteiger partial charge in [-0.2, -0.15) is 0 Å². The number of hydrogen-bond acceptors (Lipinski definition) is 11. The van der Waals surface area contributed by atoms with E-state index in [0.29, 0.717) is 0 Å². The zero-order valence-electron chi connectivity index (χ0n) is 22.8. The number of esters is 1. The number of ether oxygens (including phenoxy) is 4. The first-order valence-corrected chi connectivity index (χ1v) is 14.4. The molecule has 5 rings (SSSR count). The monoisotopic (exact) mass is 586 g/mol. The predicted octanol–water partition coefficient (Wildman–Crippen LogP) is 4.01. The van der Waals surface area contributed by atoms with Crippen molar-refractivity contribution in [1.82, 2.24) is 9.55 Å². The number of methoxy groups -OCH3 is 1. The van der Waals surface area contributed by atoms with Crippen LogP contribution in [-0.4, -0.2) is 53.3 Å². The molecule has 1 aromatic heterocycles. The lowest BCUT2D eigenvalue weighted by atomic mass is 10.1. The van der Waals surface area contributed by atoms with Gasteiger partial charge in [0.2, 0.25) is 5.69 Å². The molecule has 0 aliphatic carbocycles. The molecule has 2 aliphatic rings. The van der Waals surface area contributed by atoms with Crippen LogP contribution in [0.4, 0.5) is 0 Å². The van der Waals surface area contributed by atoms with Crippen LogP contribution in [0, 0.1) is 0 Å². The fraction of sp³-hybridized carbons (Fsp3) is 0.393. The fourth-order valence-corrected chi connectivity index (χ4v) is 5.78. The maximum atomic E-state index is 13.8. The second-order valence-corrected chi connectivity index (χ2v) is 11.5. The molecule has 0 radical (unpaired) electrons. The molecule has 218 valence electrons. The quantitative estimate of drug-likeness (QED) is 0.238. The van der Waals surface area contributed by atoms with E-state index in [9.17, 15) is 14.2 Å². The molecule has 0 unspecified atom stereocenters. The van der Waals surface area contributed by atoms with Gasteiger partial charge >= 0.3 is 13.8 Å². The molecular formula is C28H31N2O10P. The average molecular weight is 587 g/mol. The number of aromatic nitrogens is 2. The molecule has 3 aromatic rings. The Hall–Kier alpha value is -3.22. The van der Waals surface area contributed by atoms with Crippen molar-refractivity contribution in [3.8, 4) is 0 Å². The van der Waals surface area contributed by atoms with Crippen molar-refractivity contribution in [1.29, 1.82) is 0 Å². The summed E-state index contributed by atoms with van der Waals surface area (Å²) in [6, 6.07) is 18.4. The van der Waals surface area contributed by atoms with Crippen LogP contribution in [0.1, 0.15) is 41.7 Å². The van der Waals surface area contributed by atoms with Crippen LogP contribution in [0.2, 0.25) is 0 Å². The third-order valence-electron chi connectivity index (χ3n) is 6.51. The third-order valence-corrected chi connectivity index (χ3v) is 7.86. The highest BCUT2D eigenvalue weighted by Crippen LogP contribution is 2.52. The number of fused-ring (bicyclic) bond motifs is 1. The molecular weight excluding hydrogens is 555 g/mol. The summed E-state index contributed by atoms with van der Waals surface area (Å²) < 4.78 is 55.2. The first kappa shape index (κ1) is 29.3. The molecule has 0 amide bonds. The van der Waals surface area contributed by atoms with E-state index in [4.69, 9.17) is 27.8 Å². The van der Waals surface area contributed by atoms with Crippen LogP contribution in [0.25, 0.3) is 0 Å². The van der Waals surface area contributed by atoms with Crippen molar-refractivity contribution < 1.29 is 41.9 Å². The second kappa shape index (κ2) is 12.3. The molecule has 0 saturated carbocycles. The molecule has 2 aliphatic heterocycles. The minimum Gasteiger partial charge on any atom is -0.464 e. The van der Waals surface area contributed by atoms with Gasteiger partial charge in [0.1, 0.15) is 18.3 Å². The van der Waals surface area contributed by atoms with Crippen LogP contribution in [-0.2, 0) is 50.3 Å². The van der Waals surface area contributed by atoms with E-state index in [-0.39, 0.29) is 19.8 Å². The summed E-state index contributed by atoms with van der Waals surface area (Å²) in [6.07, 6.45) is -0.607. The van der Waals surface area contributed by atoms with Gasteiger partial charge in [0.05, 0.1) is 26.9 Å². The smallest absolute Gasteiger partial charge is 0.464 e. The summed E-state index contributed by atoms with van der Waals surface area (Å²) in [7, 11) is -2.96. The number of nitrogens with zero attached hydrogens (tertiary/aromatic N) is 2. The summed E-state index contributed by atoms with van der Waals surface area (Å²) in [4.78, 5) is 29.0. The predicted molar refractivity (Wildman–Crippen MR) is 144 cm³/mol. The van der Waals surface area contributed by atoms with Gasteiger partial charge in [-0.25, -0.2) is 14.3 Å². The van der Waals surface area contributed by atoms with Gasteiger partial charge < -0.3 is 18.9 Å². The topological polar surface area (TPSA) is 134 Å².